The van der Waals surface area contributed by atoms with E-state index in [1.165, 1.54) is 10.5 Å². The molecule has 0 bridgehead atoms. The topological polar surface area (TPSA) is 57.9 Å². The highest BCUT2D eigenvalue weighted by atomic mass is 35.5. The maximum Gasteiger partial charge on any atom is 0.265 e. The molecule has 0 spiro atoms. The van der Waals surface area contributed by atoms with Crippen LogP contribution in [0.5, 0.6) is 0 Å². The molecular formula is C23H18ClFN4O2. The van der Waals surface area contributed by atoms with Crippen molar-refractivity contribution >= 4 is 39.7 Å². The van der Waals surface area contributed by atoms with Gasteiger partial charge in [-0.3, -0.25) is 14.0 Å². The van der Waals surface area contributed by atoms with Crippen LogP contribution in [0.15, 0.2) is 65.6 Å². The lowest BCUT2D eigenvalue weighted by Crippen LogP contribution is -2.49. The summed E-state index contributed by atoms with van der Waals surface area (Å²) in [6.07, 6.45) is 1.60. The molecule has 1 amide bonds. The van der Waals surface area contributed by atoms with Crippen molar-refractivity contribution < 1.29 is 9.18 Å². The fraction of sp³-hybridized carbons (Fsp3) is 0.174. The van der Waals surface area contributed by atoms with Crippen molar-refractivity contribution in [2.24, 2.45) is 0 Å². The molecule has 1 aliphatic heterocycles. The van der Waals surface area contributed by atoms with Gasteiger partial charge in [0.25, 0.3) is 11.5 Å². The maximum absolute atomic E-state index is 14.1. The number of amides is 1. The van der Waals surface area contributed by atoms with Gasteiger partial charge in [-0.25, -0.2) is 9.37 Å². The van der Waals surface area contributed by atoms with E-state index >= 15 is 0 Å². The maximum atomic E-state index is 14.1. The van der Waals surface area contributed by atoms with E-state index in [1.807, 2.05) is 4.90 Å². The minimum atomic E-state index is -0.273. The summed E-state index contributed by atoms with van der Waals surface area (Å²) in [6.45, 7) is 1.92. The lowest BCUT2D eigenvalue weighted by Gasteiger charge is -2.36. The molecule has 0 radical (unpaired) electrons. The Morgan fingerprint density at radius 2 is 1.77 bits per heavy atom. The smallest absolute Gasteiger partial charge is 0.265 e. The number of fused-ring (bicyclic) bond motifs is 2. The standard InChI is InChI=1S/C23H18ClFN4O2/c24-15-7-8-16-19(14-15)26-21-17(4-3-9-29(21)23(16)31)22(30)28-12-10-27(11-13-28)20-6-2-1-5-18(20)25/h1-9,14H,10-13H2. The number of para-hydroxylation sites is 1. The summed E-state index contributed by atoms with van der Waals surface area (Å²) >= 11 is 6.07. The molecule has 1 fully saturated rings. The molecule has 0 N–H and O–H groups in total. The Morgan fingerprint density at radius 1 is 1.00 bits per heavy atom. The number of nitrogens with zero attached hydrogens (tertiary/aromatic N) is 4. The summed E-state index contributed by atoms with van der Waals surface area (Å²) in [5.41, 5.74) is 1.37. The number of carbonyl (C=O) groups is 1. The normalized spacial score (nSPS) is 14.4. The van der Waals surface area contributed by atoms with Gasteiger partial charge in [0.05, 0.1) is 22.2 Å². The van der Waals surface area contributed by atoms with Gasteiger partial charge in [-0.05, 0) is 42.5 Å². The zero-order valence-corrected chi connectivity index (χ0v) is 17.2. The van der Waals surface area contributed by atoms with E-state index in [4.69, 9.17) is 11.6 Å². The van der Waals surface area contributed by atoms with E-state index < -0.39 is 0 Å². The fourth-order valence-electron chi connectivity index (χ4n) is 4.00. The summed E-state index contributed by atoms with van der Waals surface area (Å²) in [4.78, 5) is 34.4. The van der Waals surface area contributed by atoms with Crippen LogP contribution in [0.1, 0.15) is 10.4 Å². The molecule has 4 aromatic rings. The molecule has 31 heavy (non-hydrogen) atoms. The predicted molar refractivity (Wildman–Crippen MR) is 118 cm³/mol. The molecular weight excluding hydrogens is 419 g/mol. The molecule has 156 valence electrons. The Morgan fingerprint density at radius 3 is 2.55 bits per heavy atom. The quantitative estimate of drug-likeness (QED) is 0.450. The van der Waals surface area contributed by atoms with Crippen molar-refractivity contribution in [2.45, 2.75) is 0 Å². The van der Waals surface area contributed by atoms with Gasteiger partial charge in [0.2, 0.25) is 0 Å². The second-order valence-electron chi connectivity index (χ2n) is 7.42. The lowest BCUT2D eigenvalue weighted by atomic mass is 10.1. The first-order valence-electron chi connectivity index (χ1n) is 9.92. The van der Waals surface area contributed by atoms with Crippen LogP contribution in [0.25, 0.3) is 16.6 Å². The van der Waals surface area contributed by atoms with Crippen molar-refractivity contribution in [3.63, 3.8) is 0 Å². The number of rotatable bonds is 2. The van der Waals surface area contributed by atoms with Gasteiger partial charge in [-0.2, -0.15) is 0 Å². The van der Waals surface area contributed by atoms with Crippen molar-refractivity contribution in [1.29, 1.82) is 0 Å². The monoisotopic (exact) mass is 436 g/mol. The second kappa shape index (κ2) is 7.67. The van der Waals surface area contributed by atoms with Crippen LogP contribution in [-0.2, 0) is 0 Å². The van der Waals surface area contributed by atoms with Crippen LogP contribution < -0.4 is 10.5 Å². The predicted octanol–water partition coefficient (Wildman–Crippen LogP) is 3.60. The summed E-state index contributed by atoms with van der Waals surface area (Å²) in [6, 6.07) is 14.9. The van der Waals surface area contributed by atoms with E-state index in [2.05, 4.69) is 4.98 Å². The number of hydrogen-bond donors (Lipinski definition) is 0. The number of piperazine rings is 1. The number of anilines is 1. The second-order valence-corrected chi connectivity index (χ2v) is 7.86. The molecule has 5 rings (SSSR count). The Balaban J connectivity index is 1.47. The van der Waals surface area contributed by atoms with Gasteiger partial charge in [0, 0.05) is 37.4 Å². The molecule has 0 unspecified atom stereocenters. The third kappa shape index (κ3) is 3.41. The minimum Gasteiger partial charge on any atom is -0.366 e. The highest BCUT2D eigenvalue weighted by Gasteiger charge is 2.25. The van der Waals surface area contributed by atoms with Crippen LogP contribution in [-0.4, -0.2) is 46.4 Å². The number of aromatic nitrogens is 2. The zero-order valence-electron chi connectivity index (χ0n) is 16.5. The van der Waals surface area contributed by atoms with Gasteiger partial charge < -0.3 is 9.80 Å². The van der Waals surface area contributed by atoms with Crippen molar-refractivity contribution in [1.82, 2.24) is 14.3 Å². The highest BCUT2D eigenvalue weighted by molar-refractivity contribution is 6.31. The van der Waals surface area contributed by atoms with Crippen molar-refractivity contribution in [2.75, 3.05) is 31.1 Å². The average molecular weight is 437 g/mol. The number of carbonyl (C=O) groups excluding carboxylic acids is 1. The highest BCUT2D eigenvalue weighted by Crippen LogP contribution is 2.22. The molecule has 8 heteroatoms. The van der Waals surface area contributed by atoms with E-state index in [9.17, 15) is 14.0 Å². The average Bonchev–Trinajstić information content (AvgIpc) is 2.79. The molecule has 0 atom stereocenters. The molecule has 0 aliphatic carbocycles. The van der Waals surface area contributed by atoms with Crippen LogP contribution >= 0.6 is 11.6 Å². The Hall–Kier alpha value is -3.45. The Kier molecular flexibility index (Phi) is 4.82. The summed E-state index contributed by atoms with van der Waals surface area (Å²) in [5.74, 6) is -0.481. The minimum absolute atomic E-state index is 0.209. The van der Waals surface area contributed by atoms with Gasteiger partial charge in [-0.1, -0.05) is 23.7 Å². The number of halogens is 2. The number of benzene rings is 2. The lowest BCUT2D eigenvalue weighted by molar-refractivity contribution is 0.0748. The summed E-state index contributed by atoms with van der Waals surface area (Å²) < 4.78 is 15.5. The first-order valence-corrected chi connectivity index (χ1v) is 10.3. The molecule has 3 heterocycles. The third-order valence-electron chi connectivity index (χ3n) is 5.59. The van der Waals surface area contributed by atoms with E-state index in [0.29, 0.717) is 59.0 Å². The van der Waals surface area contributed by atoms with Crippen LogP contribution in [0.4, 0.5) is 10.1 Å². The first-order chi connectivity index (χ1) is 15.0. The van der Waals surface area contributed by atoms with Crippen LogP contribution in [0, 0.1) is 5.82 Å². The Bertz CT molecular complexity index is 1380. The number of pyridine rings is 1. The number of hydrogen-bond acceptors (Lipinski definition) is 4. The molecule has 0 saturated carbocycles. The van der Waals surface area contributed by atoms with E-state index in [-0.39, 0.29) is 17.3 Å². The largest absolute Gasteiger partial charge is 0.366 e. The van der Waals surface area contributed by atoms with Crippen LogP contribution in [0.3, 0.4) is 0 Å². The molecule has 1 aliphatic rings. The first kappa shape index (κ1) is 19.5. The van der Waals surface area contributed by atoms with Gasteiger partial charge in [0.15, 0.2) is 5.65 Å². The molecule has 6 nitrogen and oxygen atoms in total. The summed E-state index contributed by atoms with van der Waals surface area (Å²) in [5, 5.41) is 0.904. The molecule has 2 aromatic carbocycles. The van der Waals surface area contributed by atoms with Gasteiger partial charge >= 0.3 is 0 Å². The zero-order chi connectivity index (χ0) is 21.5. The van der Waals surface area contributed by atoms with E-state index in [1.54, 1.807) is 59.6 Å². The SMILES string of the molecule is O=C(c1cccn2c(=O)c3ccc(Cl)cc3nc12)N1CCN(c2ccccc2F)CC1. The van der Waals surface area contributed by atoms with Gasteiger partial charge in [-0.15, -0.1) is 0 Å². The fourth-order valence-corrected chi connectivity index (χ4v) is 4.16. The molecule has 1 saturated heterocycles. The summed E-state index contributed by atoms with van der Waals surface area (Å²) in [7, 11) is 0. The van der Waals surface area contributed by atoms with Crippen molar-refractivity contribution in [3.8, 4) is 0 Å². The van der Waals surface area contributed by atoms with Crippen molar-refractivity contribution in [3.05, 3.63) is 87.6 Å². The molecule has 2 aromatic heterocycles. The van der Waals surface area contributed by atoms with Crippen LogP contribution in [0.2, 0.25) is 5.02 Å². The third-order valence-corrected chi connectivity index (χ3v) is 5.83. The van der Waals surface area contributed by atoms with E-state index in [0.717, 1.165) is 0 Å². The van der Waals surface area contributed by atoms with Gasteiger partial charge in [0.1, 0.15) is 5.82 Å². The Labute approximate surface area is 182 Å².